The number of aromatic nitrogens is 2. The third-order valence-electron chi connectivity index (χ3n) is 2.83. The van der Waals surface area contributed by atoms with Crippen LogP contribution in [0, 0.1) is 19.8 Å². The van der Waals surface area contributed by atoms with Crippen LogP contribution in [0.15, 0.2) is 0 Å². The summed E-state index contributed by atoms with van der Waals surface area (Å²) in [6, 6.07) is 0. The van der Waals surface area contributed by atoms with Crippen molar-refractivity contribution >= 4 is 17.6 Å². The molecule has 1 aliphatic rings. The molecule has 2 rings (SSSR count). The highest BCUT2D eigenvalue weighted by Gasteiger charge is 2.35. The molecule has 0 spiro atoms. The van der Waals surface area contributed by atoms with E-state index < -0.39 is 5.92 Å². The number of nitrogens with zero attached hydrogens (tertiary/aromatic N) is 2. The summed E-state index contributed by atoms with van der Waals surface area (Å²) in [6.07, 6.45) is 0.502. The van der Waals surface area contributed by atoms with Gasteiger partial charge < -0.3 is 5.32 Å². The molecule has 80 valence electrons. The summed E-state index contributed by atoms with van der Waals surface area (Å²) in [6.45, 7) is 5.48. The van der Waals surface area contributed by atoms with Gasteiger partial charge in [-0.3, -0.25) is 9.59 Å². The van der Waals surface area contributed by atoms with Gasteiger partial charge in [0, 0.05) is 5.56 Å². The topological polar surface area (TPSA) is 64.0 Å². The molecular formula is C10H13N3O2. The molecule has 0 bridgehead atoms. The third kappa shape index (κ3) is 1.26. The lowest BCUT2D eigenvalue weighted by molar-refractivity contribution is -0.119. The molecule has 0 fully saturated rings. The molecule has 0 saturated carbocycles. The van der Waals surface area contributed by atoms with E-state index in [1.165, 1.54) is 4.68 Å². The minimum absolute atomic E-state index is 0.224. The lowest BCUT2D eigenvalue weighted by atomic mass is 10.0. The number of carbonyl (C=O) groups excluding carboxylic acids is 2. The van der Waals surface area contributed by atoms with Gasteiger partial charge in [-0.15, -0.1) is 0 Å². The van der Waals surface area contributed by atoms with E-state index in [4.69, 9.17) is 0 Å². The van der Waals surface area contributed by atoms with Crippen molar-refractivity contribution in [2.45, 2.75) is 27.2 Å². The van der Waals surface area contributed by atoms with Gasteiger partial charge in [-0.2, -0.15) is 9.78 Å². The maximum absolute atomic E-state index is 11.9. The molecule has 5 nitrogen and oxygen atoms in total. The van der Waals surface area contributed by atoms with E-state index in [1.807, 2.05) is 20.8 Å². The van der Waals surface area contributed by atoms with Gasteiger partial charge in [0.25, 0.3) is 5.91 Å². The average molecular weight is 207 g/mol. The monoisotopic (exact) mass is 207 g/mol. The average Bonchev–Trinajstić information content (AvgIpc) is 2.46. The maximum Gasteiger partial charge on any atom is 0.261 e. The molecule has 1 N–H and O–H groups in total. The normalized spacial score (nSPS) is 20.1. The lowest BCUT2D eigenvalue weighted by Gasteiger charge is -2.20. The number of amides is 1. The molecule has 2 heterocycles. The molecule has 15 heavy (non-hydrogen) atoms. The molecule has 0 saturated heterocycles. The van der Waals surface area contributed by atoms with E-state index in [2.05, 4.69) is 10.4 Å². The first-order valence-corrected chi connectivity index (χ1v) is 4.97. The molecule has 1 aliphatic heterocycles. The Balaban J connectivity index is 2.55. The van der Waals surface area contributed by atoms with Crippen LogP contribution in [0.1, 0.15) is 29.4 Å². The van der Waals surface area contributed by atoms with Gasteiger partial charge in [-0.1, -0.05) is 6.92 Å². The number of carbonyl (C=O) groups is 2. The maximum atomic E-state index is 11.9. The van der Waals surface area contributed by atoms with Gasteiger partial charge in [0.05, 0.1) is 5.69 Å². The molecule has 0 aliphatic carbocycles. The van der Waals surface area contributed by atoms with Gasteiger partial charge in [-0.05, 0) is 20.3 Å². The van der Waals surface area contributed by atoms with Crippen molar-refractivity contribution in [3.05, 3.63) is 11.3 Å². The van der Waals surface area contributed by atoms with E-state index in [0.717, 1.165) is 11.3 Å². The summed E-state index contributed by atoms with van der Waals surface area (Å²) in [5.74, 6) is -0.533. The van der Waals surface area contributed by atoms with Crippen LogP contribution in [0.2, 0.25) is 0 Å². The number of anilines is 1. The lowest BCUT2D eigenvalue weighted by Crippen LogP contribution is -2.39. The summed E-state index contributed by atoms with van der Waals surface area (Å²) >= 11 is 0. The number of hydrogen-bond acceptors (Lipinski definition) is 3. The first kappa shape index (κ1) is 9.89. The molecule has 1 unspecified atom stereocenters. The van der Waals surface area contributed by atoms with E-state index in [9.17, 15) is 9.59 Å². The Morgan fingerprint density at radius 1 is 1.40 bits per heavy atom. The van der Waals surface area contributed by atoms with Gasteiger partial charge in [-0.25, -0.2) is 0 Å². The highest BCUT2D eigenvalue weighted by atomic mass is 16.2. The van der Waals surface area contributed by atoms with Crippen LogP contribution in [-0.4, -0.2) is 21.6 Å². The first-order chi connectivity index (χ1) is 7.06. The minimum atomic E-state index is -0.601. The second-order valence-electron chi connectivity index (χ2n) is 3.76. The van der Waals surface area contributed by atoms with Crippen molar-refractivity contribution in [2.75, 3.05) is 5.32 Å². The number of aryl methyl sites for hydroxylation is 1. The Morgan fingerprint density at radius 3 is 2.67 bits per heavy atom. The fourth-order valence-corrected chi connectivity index (χ4v) is 1.73. The molecule has 0 radical (unpaired) electrons. The quantitative estimate of drug-likeness (QED) is 0.702. The van der Waals surface area contributed by atoms with Crippen LogP contribution in [0.5, 0.6) is 0 Å². The number of rotatable bonds is 1. The summed E-state index contributed by atoms with van der Waals surface area (Å²) in [5.41, 5.74) is 1.63. The van der Waals surface area contributed by atoms with E-state index >= 15 is 0 Å². The van der Waals surface area contributed by atoms with E-state index in [1.54, 1.807) is 0 Å². The number of hydrogen-bond donors (Lipinski definition) is 1. The van der Waals surface area contributed by atoms with E-state index in [-0.39, 0.29) is 11.8 Å². The largest absolute Gasteiger partial charge is 0.310 e. The fourth-order valence-electron chi connectivity index (χ4n) is 1.73. The molecule has 0 aromatic carbocycles. The SMILES string of the molecule is CCC1C(=O)Nc2c(C)c(C)nn2C1=O. The molecule has 5 heteroatoms. The highest BCUT2D eigenvalue weighted by molar-refractivity contribution is 6.11. The van der Waals surface area contributed by atoms with Crippen LogP contribution in [0.3, 0.4) is 0 Å². The van der Waals surface area contributed by atoms with Gasteiger partial charge >= 0.3 is 0 Å². The number of nitrogens with one attached hydrogen (secondary N) is 1. The summed E-state index contributed by atoms with van der Waals surface area (Å²) in [5, 5.41) is 6.84. The number of fused-ring (bicyclic) bond motifs is 1. The van der Waals surface area contributed by atoms with Crippen LogP contribution in [0.4, 0.5) is 5.82 Å². The smallest absolute Gasteiger partial charge is 0.261 e. The summed E-state index contributed by atoms with van der Waals surface area (Å²) < 4.78 is 1.31. The van der Waals surface area contributed by atoms with Gasteiger partial charge in [0.2, 0.25) is 5.91 Å². The Labute approximate surface area is 87.5 Å². The van der Waals surface area contributed by atoms with Crippen LogP contribution >= 0.6 is 0 Å². The predicted octanol–water partition coefficient (Wildman–Crippen LogP) is 1.12. The van der Waals surface area contributed by atoms with Crippen LogP contribution in [-0.2, 0) is 4.79 Å². The second-order valence-corrected chi connectivity index (χ2v) is 3.76. The zero-order valence-electron chi connectivity index (χ0n) is 9.00. The van der Waals surface area contributed by atoms with Gasteiger partial charge in [0.15, 0.2) is 0 Å². The Morgan fingerprint density at radius 2 is 2.07 bits per heavy atom. The van der Waals surface area contributed by atoms with Crippen molar-refractivity contribution in [3.63, 3.8) is 0 Å². The Bertz CT molecular complexity index is 448. The fraction of sp³-hybridized carbons (Fsp3) is 0.500. The van der Waals surface area contributed by atoms with Crippen LogP contribution in [0.25, 0.3) is 0 Å². The predicted molar refractivity (Wildman–Crippen MR) is 54.7 cm³/mol. The zero-order chi connectivity index (χ0) is 11.2. The summed E-state index contributed by atoms with van der Waals surface area (Å²) in [4.78, 5) is 23.5. The third-order valence-corrected chi connectivity index (χ3v) is 2.83. The standard InChI is InChI=1S/C10H13N3O2/c1-4-7-9(14)11-8-5(2)6(3)12-13(8)10(7)15/h7H,4H2,1-3H3,(H,11,14). The molecular weight excluding hydrogens is 194 g/mol. The molecule has 1 aromatic rings. The zero-order valence-corrected chi connectivity index (χ0v) is 9.00. The summed E-state index contributed by atoms with van der Waals surface area (Å²) in [7, 11) is 0. The Kier molecular flexibility index (Phi) is 2.10. The van der Waals surface area contributed by atoms with Crippen molar-refractivity contribution < 1.29 is 9.59 Å². The molecule has 1 aromatic heterocycles. The van der Waals surface area contributed by atoms with Gasteiger partial charge in [0.1, 0.15) is 11.7 Å². The molecule has 1 atom stereocenters. The Hall–Kier alpha value is -1.65. The van der Waals surface area contributed by atoms with Crippen molar-refractivity contribution in [1.82, 2.24) is 9.78 Å². The second kappa shape index (κ2) is 3.18. The van der Waals surface area contributed by atoms with Crippen molar-refractivity contribution in [3.8, 4) is 0 Å². The minimum Gasteiger partial charge on any atom is -0.310 e. The van der Waals surface area contributed by atoms with Crippen LogP contribution < -0.4 is 5.32 Å². The van der Waals surface area contributed by atoms with Crippen molar-refractivity contribution in [2.24, 2.45) is 5.92 Å². The highest BCUT2D eigenvalue weighted by Crippen LogP contribution is 2.25. The molecule has 1 amide bonds. The van der Waals surface area contributed by atoms with Crippen molar-refractivity contribution in [1.29, 1.82) is 0 Å². The first-order valence-electron chi connectivity index (χ1n) is 4.97. The van der Waals surface area contributed by atoms with E-state index in [0.29, 0.717) is 12.2 Å².